The number of hydrogen-bond acceptors (Lipinski definition) is 5. The summed E-state index contributed by atoms with van der Waals surface area (Å²) in [6.45, 7) is 2.09. The number of carbonyl (C=O) groups excluding carboxylic acids is 2. The van der Waals surface area contributed by atoms with Crippen molar-refractivity contribution in [2.45, 2.75) is 49.8 Å². The van der Waals surface area contributed by atoms with Gasteiger partial charge in [-0.3, -0.25) is 19.3 Å². The summed E-state index contributed by atoms with van der Waals surface area (Å²) in [6.07, 6.45) is 6.79. The first-order valence-corrected chi connectivity index (χ1v) is 12.2. The number of Topliss-reactive ketones (excluding diaryl/α,β-unsaturated/α-hetero) is 1. The number of carbonyl (C=O) groups is 3. The molecule has 0 saturated heterocycles. The van der Waals surface area contributed by atoms with Gasteiger partial charge in [-0.1, -0.05) is 80.4 Å². The van der Waals surface area contributed by atoms with E-state index in [1.165, 1.54) is 4.90 Å². The number of nitrogens with zero attached hydrogens (tertiary/aromatic N) is 1. The van der Waals surface area contributed by atoms with Crippen molar-refractivity contribution in [1.82, 2.24) is 5.32 Å². The van der Waals surface area contributed by atoms with Gasteiger partial charge in [0.15, 0.2) is 5.78 Å². The van der Waals surface area contributed by atoms with E-state index >= 15 is 0 Å². The second kappa shape index (κ2) is 12.5. The standard InChI is InChI=1S/C27H32N2O4S/c1-2-3-13-24(34)26(32)21(19-9-5-4-6-10-19)16-17-28-22-15-14-20-11-7-8-12-23(20)29(27(22)33)18-25(30)31/h4-12,14-15,21-22,24,28,34H,2-3,13,16-18H2,1H3,(H,30,31). The molecule has 0 aliphatic carbocycles. The average Bonchev–Trinajstić information content (AvgIpc) is 2.97. The van der Waals surface area contributed by atoms with Crippen LogP contribution in [0.5, 0.6) is 0 Å². The minimum absolute atomic E-state index is 0.0902. The van der Waals surface area contributed by atoms with Crippen LogP contribution >= 0.6 is 12.6 Å². The summed E-state index contributed by atoms with van der Waals surface area (Å²) in [5.41, 5.74) is 2.29. The van der Waals surface area contributed by atoms with Crippen LogP contribution in [0.1, 0.15) is 49.7 Å². The number of anilines is 1. The summed E-state index contributed by atoms with van der Waals surface area (Å²) in [5, 5.41) is 12.3. The van der Waals surface area contributed by atoms with E-state index in [1.807, 2.05) is 48.5 Å². The molecule has 0 saturated carbocycles. The Morgan fingerprint density at radius 3 is 2.50 bits per heavy atom. The molecule has 6 nitrogen and oxygen atoms in total. The van der Waals surface area contributed by atoms with Crippen molar-refractivity contribution < 1.29 is 19.5 Å². The summed E-state index contributed by atoms with van der Waals surface area (Å²) in [5.74, 6) is -1.65. The number of carboxylic acid groups (broad SMARTS) is 1. The maximum absolute atomic E-state index is 13.2. The molecule has 3 atom stereocenters. The number of hydrogen-bond donors (Lipinski definition) is 3. The van der Waals surface area contributed by atoms with Crippen molar-refractivity contribution in [3.63, 3.8) is 0 Å². The molecule has 1 heterocycles. The van der Waals surface area contributed by atoms with E-state index in [9.17, 15) is 19.5 Å². The zero-order valence-electron chi connectivity index (χ0n) is 19.4. The number of fused-ring (bicyclic) bond motifs is 1. The molecular weight excluding hydrogens is 448 g/mol. The Balaban J connectivity index is 1.73. The van der Waals surface area contributed by atoms with Crippen LogP contribution in [0.4, 0.5) is 5.69 Å². The molecule has 7 heteroatoms. The molecule has 1 aliphatic rings. The Labute approximate surface area is 206 Å². The number of amides is 1. The summed E-state index contributed by atoms with van der Waals surface area (Å²) in [6, 6.07) is 16.2. The van der Waals surface area contributed by atoms with Gasteiger partial charge in [0.25, 0.3) is 0 Å². The highest BCUT2D eigenvalue weighted by molar-refractivity contribution is 7.81. The monoisotopic (exact) mass is 480 g/mol. The predicted molar refractivity (Wildman–Crippen MR) is 138 cm³/mol. The molecule has 0 aromatic heterocycles. The largest absolute Gasteiger partial charge is 0.480 e. The first-order valence-electron chi connectivity index (χ1n) is 11.7. The quantitative estimate of drug-likeness (QED) is 0.394. The lowest BCUT2D eigenvalue weighted by atomic mass is 9.88. The summed E-state index contributed by atoms with van der Waals surface area (Å²) < 4.78 is 0. The molecule has 3 rings (SSSR count). The van der Waals surface area contributed by atoms with Crippen LogP contribution in [-0.4, -0.2) is 47.1 Å². The highest BCUT2D eigenvalue weighted by Gasteiger charge is 2.30. The number of para-hydroxylation sites is 1. The van der Waals surface area contributed by atoms with Gasteiger partial charge in [0, 0.05) is 5.92 Å². The van der Waals surface area contributed by atoms with Gasteiger partial charge in [-0.05, 0) is 36.6 Å². The van der Waals surface area contributed by atoms with Crippen LogP contribution in [0.3, 0.4) is 0 Å². The van der Waals surface area contributed by atoms with Crippen LogP contribution in [0.25, 0.3) is 6.08 Å². The summed E-state index contributed by atoms with van der Waals surface area (Å²) in [7, 11) is 0. The fourth-order valence-electron chi connectivity index (χ4n) is 4.21. The van der Waals surface area contributed by atoms with Crippen molar-refractivity contribution in [3.05, 3.63) is 71.8 Å². The van der Waals surface area contributed by atoms with Gasteiger partial charge in [0.2, 0.25) is 5.91 Å². The molecular formula is C27H32N2O4S. The normalized spacial score (nSPS) is 17.1. The zero-order chi connectivity index (χ0) is 24.5. The van der Waals surface area contributed by atoms with Gasteiger partial charge in [0.05, 0.1) is 10.9 Å². The molecule has 2 aromatic carbocycles. The van der Waals surface area contributed by atoms with E-state index in [4.69, 9.17) is 0 Å². The highest BCUT2D eigenvalue weighted by atomic mass is 32.1. The van der Waals surface area contributed by atoms with Crippen molar-refractivity contribution in [1.29, 1.82) is 0 Å². The number of thiol groups is 1. The van der Waals surface area contributed by atoms with E-state index in [0.29, 0.717) is 18.7 Å². The van der Waals surface area contributed by atoms with Gasteiger partial charge in [-0.25, -0.2) is 0 Å². The molecule has 0 fully saturated rings. The number of rotatable bonds is 12. The second-order valence-corrected chi connectivity index (χ2v) is 9.10. The topological polar surface area (TPSA) is 86.7 Å². The molecule has 1 amide bonds. The van der Waals surface area contributed by atoms with Gasteiger partial charge in [-0.15, -0.1) is 0 Å². The fraction of sp³-hybridized carbons (Fsp3) is 0.370. The third kappa shape index (κ3) is 6.58. The number of aliphatic carboxylic acids is 1. The van der Waals surface area contributed by atoms with Gasteiger partial charge in [0.1, 0.15) is 12.6 Å². The molecule has 0 spiro atoms. The van der Waals surface area contributed by atoms with Crippen molar-refractivity contribution >= 4 is 42.1 Å². The highest BCUT2D eigenvalue weighted by Crippen LogP contribution is 2.27. The van der Waals surface area contributed by atoms with Gasteiger partial charge >= 0.3 is 5.97 Å². The third-order valence-corrected chi connectivity index (χ3v) is 6.54. The molecule has 34 heavy (non-hydrogen) atoms. The first kappa shape index (κ1) is 25.7. The average molecular weight is 481 g/mol. The van der Waals surface area contributed by atoms with Crippen LogP contribution in [0, 0.1) is 0 Å². The SMILES string of the molecule is CCCCC(S)C(=O)C(CCNC1C=Cc2ccccc2N(CC(=O)O)C1=O)c1ccccc1. The van der Waals surface area contributed by atoms with E-state index < -0.39 is 18.6 Å². The number of carboxylic acids is 1. The van der Waals surface area contributed by atoms with Gasteiger partial charge < -0.3 is 10.4 Å². The van der Waals surface area contributed by atoms with Crippen LogP contribution < -0.4 is 10.2 Å². The lowest BCUT2D eigenvalue weighted by Crippen LogP contribution is -2.47. The number of nitrogens with one attached hydrogen (secondary N) is 1. The lowest BCUT2D eigenvalue weighted by Gasteiger charge is -2.25. The maximum atomic E-state index is 13.2. The fourth-order valence-corrected chi connectivity index (χ4v) is 4.57. The van der Waals surface area contributed by atoms with Crippen LogP contribution in [0.15, 0.2) is 60.7 Å². The molecule has 1 aliphatic heterocycles. The minimum atomic E-state index is -1.08. The second-order valence-electron chi connectivity index (χ2n) is 8.48. The first-order chi connectivity index (χ1) is 16.4. The molecule has 2 N–H and O–H groups in total. The van der Waals surface area contributed by atoms with E-state index in [-0.39, 0.29) is 22.9 Å². The van der Waals surface area contributed by atoms with Crippen LogP contribution in [0.2, 0.25) is 0 Å². The molecule has 3 unspecified atom stereocenters. The summed E-state index contributed by atoms with van der Waals surface area (Å²) >= 11 is 4.58. The number of benzene rings is 2. The molecule has 0 radical (unpaired) electrons. The molecule has 0 bridgehead atoms. The van der Waals surface area contributed by atoms with Crippen molar-refractivity contribution in [2.24, 2.45) is 0 Å². The zero-order valence-corrected chi connectivity index (χ0v) is 20.3. The summed E-state index contributed by atoms with van der Waals surface area (Å²) in [4.78, 5) is 39.2. The van der Waals surface area contributed by atoms with Crippen molar-refractivity contribution in [3.8, 4) is 0 Å². The smallest absolute Gasteiger partial charge is 0.323 e. The van der Waals surface area contributed by atoms with E-state index in [0.717, 1.165) is 30.4 Å². The Morgan fingerprint density at radius 1 is 1.09 bits per heavy atom. The molecule has 180 valence electrons. The molecule has 2 aromatic rings. The lowest BCUT2D eigenvalue weighted by molar-refractivity contribution is -0.136. The van der Waals surface area contributed by atoms with E-state index in [2.05, 4.69) is 24.9 Å². The third-order valence-electron chi connectivity index (χ3n) is 6.02. The number of unbranched alkanes of at least 4 members (excludes halogenated alkanes) is 1. The van der Waals surface area contributed by atoms with Crippen molar-refractivity contribution in [2.75, 3.05) is 18.0 Å². The number of ketones is 1. The Kier molecular flexibility index (Phi) is 9.48. The minimum Gasteiger partial charge on any atom is -0.480 e. The van der Waals surface area contributed by atoms with Gasteiger partial charge in [-0.2, -0.15) is 12.6 Å². The Morgan fingerprint density at radius 2 is 1.79 bits per heavy atom. The maximum Gasteiger partial charge on any atom is 0.323 e. The Hall–Kier alpha value is -2.90. The van der Waals surface area contributed by atoms with Crippen LogP contribution in [-0.2, 0) is 14.4 Å². The van der Waals surface area contributed by atoms with E-state index in [1.54, 1.807) is 18.2 Å². The Bertz CT molecular complexity index is 1020. The predicted octanol–water partition coefficient (Wildman–Crippen LogP) is 4.32.